The Balaban J connectivity index is 2.30. The number of nitrogens with two attached hydrogens (primary N) is 1. The minimum absolute atomic E-state index is 0.135. The summed E-state index contributed by atoms with van der Waals surface area (Å²) in [6.07, 6.45) is -0.750. The Hall–Kier alpha value is -1.59. The van der Waals surface area contributed by atoms with Crippen LogP contribution in [0.5, 0.6) is 5.75 Å². The third-order valence-corrected chi connectivity index (χ3v) is 3.15. The van der Waals surface area contributed by atoms with Gasteiger partial charge in [0.1, 0.15) is 18.5 Å². The molecule has 0 heterocycles. The Bertz CT molecular complexity index is 435. The molecule has 20 heavy (non-hydrogen) atoms. The van der Waals surface area contributed by atoms with Gasteiger partial charge >= 0.3 is 0 Å². The number of amides is 1. The molecule has 0 aliphatic heterocycles. The highest BCUT2D eigenvalue weighted by Gasteiger charge is 2.17. The molecule has 0 aliphatic carbocycles. The fourth-order valence-corrected chi connectivity index (χ4v) is 1.57. The molecule has 0 saturated heterocycles. The topological polar surface area (TPSA) is 84.6 Å². The van der Waals surface area contributed by atoms with Gasteiger partial charge in [0.2, 0.25) is 5.91 Å². The van der Waals surface area contributed by atoms with Gasteiger partial charge in [-0.3, -0.25) is 4.79 Å². The van der Waals surface area contributed by atoms with Crippen LogP contribution < -0.4 is 15.8 Å². The summed E-state index contributed by atoms with van der Waals surface area (Å²) in [5, 5.41) is 12.4. The molecule has 0 bridgehead atoms. The van der Waals surface area contributed by atoms with Gasteiger partial charge < -0.3 is 20.9 Å². The number of rotatable bonds is 7. The molecule has 0 spiro atoms. The number of ether oxygens (including phenoxy) is 1. The minimum Gasteiger partial charge on any atom is -0.491 e. The third kappa shape index (κ3) is 5.59. The number of nitrogens with one attached hydrogen (secondary N) is 1. The third-order valence-electron chi connectivity index (χ3n) is 3.15. The van der Waals surface area contributed by atoms with E-state index in [1.807, 2.05) is 31.2 Å². The number of aryl methyl sites for hydroxylation is 1. The van der Waals surface area contributed by atoms with Crippen LogP contribution in [0.25, 0.3) is 0 Å². The summed E-state index contributed by atoms with van der Waals surface area (Å²) in [7, 11) is 0. The predicted octanol–water partition coefficient (Wildman–Crippen LogP) is 0.834. The number of hydrogen-bond donors (Lipinski definition) is 3. The number of benzene rings is 1. The van der Waals surface area contributed by atoms with Crippen LogP contribution in [-0.4, -0.2) is 36.3 Å². The van der Waals surface area contributed by atoms with Crippen LogP contribution in [0.4, 0.5) is 0 Å². The average molecular weight is 280 g/mol. The molecule has 0 aromatic heterocycles. The SMILES string of the molecule is Cc1cccc(OCC(O)CNC(=O)C(C)C(C)N)c1. The van der Waals surface area contributed by atoms with Gasteiger partial charge in [-0.2, -0.15) is 0 Å². The first-order valence-electron chi connectivity index (χ1n) is 6.81. The zero-order valence-corrected chi connectivity index (χ0v) is 12.3. The maximum atomic E-state index is 11.7. The zero-order valence-electron chi connectivity index (χ0n) is 12.3. The maximum Gasteiger partial charge on any atom is 0.224 e. The summed E-state index contributed by atoms with van der Waals surface area (Å²) >= 11 is 0. The van der Waals surface area contributed by atoms with Crippen LogP contribution in [0.15, 0.2) is 24.3 Å². The van der Waals surface area contributed by atoms with E-state index in [1.165, 1.54) is 0 Å². The second-order valence-electron chi connectivity index (χ2n) is 5.17. The summed E-state index contributed by atoms with van der Waals surface area (Å²) in [5.41, 5.74) is 6.74. The van der Waals surface area contributed by atoms with E-state index in [1.54, 1.807) is 13.8 Å². The lowest BCUT2D eigenvalue weighted by molar-refractivity contribution is -0.125. The van der Waals surface area contributed by atoms with Gasteiger partial charge in [-0.15, -0.1) is 0 Å². The summed E-state index contributed by atoms with van der Waals surface area (Å²) in [6, 6.07) is 7.37. The Labute approximate surface area is 120 Å². The highest BCUT2D eigenvalue weighted by atomic mass is 16.5. The molecule has 3 atom stereocenters. The van der Waals surface area contributed by atoms with Crippen molar-refractivity contribution in [3.63, 3.8) is 0 Å². The van der Waals surface area contributed by atoms with Crippen LogP contribution in [0.1, 0.15) is 19.4 Å². The number of carbonyl (C=O) groups is 1. The second kappa shape index (κ2) is 7.87. The molecule has 5 nitrogen and oxygen atoms in total. The maximum absolute atomic E-state index is 11.7. The Morgan fingerprint density at radius 1 is 1.45 bits per heavy atom. The van der Waals surface area contributed by atoms with Crippen molar-refractivity contribution >= 4 is 5.91 Å². The highest BCUT2D eigenvalue weighted by molar-refractivity contribution is 5.78. The molecule has 1 rings (SSSR count). The van der Waals surface area contributed by atoms with Crippen molar-refractivity contribution in [2.24, 2.45) is 11.7 Å². The van der Waals surface area contributed by atoms with E-state index in [4.69, 9.17) is 10.5 Å². The molecule has 0 fully saturated rings. The van der Waals surface area contributed by atoms with E-state index in [9.17, 15) is 9.90 Å². The normalized spacial score (nSPS) is 15.2. The first-order chi connectivity index (χ1) is 9.40. The Kier molecular flexibility index (Phi) is 6.48. The lowest BCUT2D eigenvalue weighted by atomic mass is 10.0. The molecule has 0 aliphatic rings. The lowest BCUT2D eigenvalue weighted by Crippen LogP contribution is -2.42. The molecule has 0 radical (unpaired) electrons. The summed E-state index contributed by atoms with van der Waals surface area (Å²) in [5.74, 6) is 0.272. The summed E-state index contributed by atoms with van der Waals surface area (Å²) < 4.78 is 5.46. The van der Waals surface area contributed by atoms with Gasteiger partial charge in [-0.1, -0.05) is 19.1 Å². The monoisotopic (exact) mass is 280 g/mol. The van der Waals surface area contributed by atoms with Gasteiger partial charge in [0.15, 0.2) is 0 Å². The highest BCUT2D eigenvalue weighted by Crippen LogP contribution is 2.12. The van der Waals surface area contributed by atoms with Crippen LogP contribution in [0.2, 0.25) is 0 Å². The predicted molar refractivity (Wildman–Crippen MR) is 78.5 cm³/mol. The Morgan fingerprint density at radius 3 is 2.75 bits per heavy atom. The van der Waals surface area contributed by atoms with Gasteiger partial charge in [-0.25, -0.2) is 0 Å². The van der Waals surface area contributed by atoms with Crippen LogP contribution in [0.3, 0.4) is 0 Å². The lowest BCUT2D eigenvalue weighted by Gasteiger charge is -2.17. The molecule has 112 valence electrons. The van der Waals surface area contributed by atoms with E-state index in [0.717, 1.165) is 5.56 Å². The standard InChI is InChI=1S/C15H24N2O3/c1-10-5-4-6-14(7-10)20-9-13(18)8-17-15(19)11(2)12(3)16/h4-7,11-13,18H,8-9,16H2,1-3H3,(H,17,19). The van der Waals surface area contributed by atoms with E-state index < -0.39 is 6.10 Å². The summed E-state index contributed by atoms with van der Waals surface area (Å²) in [6.45, 7) is 5.80. The van der Waals surface area contributed by atoms with E-state index in [0.29, 0.717) is 5.75 Å². The molecule has 0 saturated carbocycles. The molecular formula is C15H24N2O3. The van der Waals surface area contributed by atoms with Crippen LogP contribution in [0, 0.1) is 12.8 Å². The second-order valence-corrected chi connectivity index (χ2v) is 5.17. The first-order valence-corrected chi connectivity index (χ1v) is 6.81. The largest absolute Gasteiger partial charge is 0.491 e. The van der Waals surface area contributed by atoms with E-state index >= 15 is 0 Å². The van der Waals surface area contributed by atoms with Crippen molar-refractivity contribution in [1.29, 1.82) is 0 Å². The van der Waals surface area contributed by atoms with Crippen molar-refractivity contribution in [2.75, 3.05) is 13.2 Å². The van der Waals surface area contributed by atoms with Gasteiger partial charge in [0, 0.05) is 18.5 Å². The minimum atomic E-state index is -0.750. The molecule has 3 unspecified atom stereocenters. The first kappa shape index (κ1) is 16.5. The van der Waals surface area contributed by atoms with Crippen LogP contribution in [-0.2, 0) is 4.79 Å². The van der Waals surface area contributed by atoms with Crippen molar-refractivity contribution in [1.82, 2.24) is 5.32 Å². The van der Waals surface area contributed by atoms with Crippen molar-refractivity contribution < 1.29 is 14.6 Å². The van der Waals surface area contributed by atoms with Gasteiger partial charge in [0.25, 0.3) is 0 Å². The quantitative estimate of drug-likeness (QED) is 0.691. The Morgan fingerprint density at radius 2 is 2.15 bits per heavy atom. The molecule has 1 amide bonds. The van der Waals surface area contributed by atoms with Gasteiger partial charge in [-0.05, 0) is 31.5 Å². The molecule has 5 heteroatoms. The number of aliphatic hydroxyl groups excluding tert-OH is 1. The number of hydrogen-bond acceptors (Lipinski definition) is 4. The molecular weight excluding hydrogens is 256 g/mol. The van der Waals surface area contributed by atoms with Crippen molar-refractivity contribution in [2.45, 2.75) is 32.9 Å². The van der Waals surface area contributed by atoms with Crippen LogP contribution >= 0.6 is 0 Å². The smallest absolute Gasteiger partial charge is 0.224 e. The number of aliphatic hydroxyl groups is 1. The average Bonchev–Trinajstić information content (AvgIpc) is 2.41. The number of carbonyl (C=O) groups excluding carboxylic acids is 1. The fraction of sp³-hybridized carbons (Fsp3) is 0.533. The van der Waals surface area contributed by atoms with Crippen molar-refractivity contribution in [3.8, 4) is 5.75 Å². The molecule has 1 aromatic carbocycles. The van der Waals surface area contributed by atoms with Crippen molar-refractivity contribution in [3.05, 3.63) is 29.8 Å². The molecule has 4 N–H and O–H groups in total. The zero-order chi connectivity index (χ0) is 15.1. The summed E-state index contributed by atoms with van der Waals surface area (Å²) in [4.78, 5) is 11.7. The molecule has 1 aromatic rings. The van der Waals surface area contributed by atoms with E-state index in [-0.39, 0.29) is 31.0 Å². The fourth-order valence-electron chi connectivity index (χ4n) is 1.57. The van der Waals surface area contributed by atoms with E-state index in [2.05, 4.69) is 5.32 Å². The van der Waals surface area contributed by atoms with Gasteiger partial charge in [0.05, 0.1) is 0 Å².